The van der Waals surface area contributed by atoms with E-state index in [2.05, 4.69) is 42.8 Å². The fourth-order valence-corrected chi connectivity index (χ4v) is 1.73. The third-order valence-electron chi connectivity index (χ3n) is 2.32. The number of carbonyl (C=O) groups is 1. The average Bonchev–Trinajstić information content (AvgIpc) is 2.02. The molecule has 1 rings (SSSR count). The number of halogens is 1. The van der Waals surface area contributed by atoms with Crippen molar-refractivity contribution in [2.24, 2.45) is 0 Å². The van der Waals surface area contributed by atoms with Crippen molar-refractivity contribution >= 4 is 20.6 Å². The summed E-state index contributed by atoms with van der Waals surface area (Å²) in [6.07, 6.45) is 0. The van der Waals surface area contributed by atoms with Crippen molar-refractivity contribution in [3.05, 3.63) is 34.9 Å². The van der Waals surface area contributed by atoms with Gasteiger partial charge < -0.3 is 0 Å². The van der Waals surface area contributed by atoms with Gasteiger partial charge in [-0.1, -0.05) is 32.9 Å². The quantitative estimate of drug-likeness (QED) is 0.697. The van der Waals surface area contributed by atoms with Crippen LogP contribution in [-0.4, -0.2) is 4.69 Å². The van der Waals surface area contributed by atoms with E-state index in [1.54, 1.807) is 0 Å². The molecule has 0 saturated heterocycles. The fraction of sp³-hybridized carbons (Fsp3) is 0.417. The Morgan fingerprint density at radius 2 is 1.86 bits per heavy atom. The van der Waals surface area contributed by atoms with Crippen molar-refractivity contribution < 1.29 is 4.79 Å². The Kier molecular flexibility index (Phi) is 3.15. The Labute approximate surface area is 93.7 Å². The van der Waals surface area contributed by atoms with Gasteiger partial charge in [-0.25, -0.2) is 0 Å². The van der Waals surface area contributed by atoms with Gasteiger partial charge in [-0.2, -0.15) is 0 Å². The summed E-state index contributed by atoms with van der Waals surface area (Å²) in [6.45, 7) is 8.36. The van der Waals surface area contributed by atoms with E-state index in [-0.39, 0.29) is 10.1 Å². The van der Waals surface area contributed by atoms with Gasteiger partial charge in [-0.3, -0.25) is 4.79 Å². The third kappa shape index (κ3) is 2.44. The molecule has 0 bridgehead atoms. The van der Waals surface area contributed by atoms with Crippen molar-refractivity contribution in [1.29, 1.82) is 0 Å². The lowest BCUT2D eigenvalue weighted by Crippen LogP contribution is -2.12. The summed E-state index contributed by atoms with van der Waals surface area (Å²) in [5.74, 6) is 0. The number of benzene rings is 1. The van der Waals surface area contributed by atoms with E-state index in [9.17, 15) is 4.79 Å². The van der Waals surface area contributed by atoms with Gasteiger partial charge >= 0.3 is 0 Å². The van der Waals surface area contributed by atoms with Gasteiger partial charge in [0.05, 0.1) is 0 Å². The van der Waals surface area contributed by atoms with E-state index in [1.807, 2.05) is 19.1 Å². The standard InChI is InChI=1S/C12H15BrO/c1-8-5-6-9(12(2,3)4)7-10(8)11(13)14/h5-7H,1-4H3. The maximum Gasteiger partial charge on any atom is 0.228 e. The monoisotopic (exact) mass is 254 g/mol. The van der Waals surface area contributed by atoms with Crippen LogP contribution < -0.4 is 0 Å². The summed E-state index contributed by atoms with van der Waals surface area (Å²) in [7, 11) is 0. The van der Waals surface area contributed by atoms with Gasteiger partial charge in [-0.15, -0.1) is 0 Å². The van der Waals surface area contributed by atoms with E-state index in [0.29, 0.717) is 0 Å². The first-order valence-corrected chi connectivity index (χ1v) is 5.42. The highest BCUT2D eigenvalue weighted by Gasteiger charge is 2.16. The van der Waals surface area contributed by atoms with Crippen molar-refractivity contribution in [1.82, 2.24) is 0 Å². The van der Waals surface area contributed by atoms with Gasteiger partial charge in [0.2, 0.25) is 4.69 Å². The first-order chi connectivity index (χ1) is 6.32. The zero-order valence-electron chi connectivity index (χ0n) is 9.02. The van der Waals surface area contributed by atoms with Crippen LogP contribution in [0.1, 0.15) is 42.3 Å². The minimum absolute atomic E-state index is 0.0406. The Morgan fingerprint density at radius 1 is 1.29 bits per heavy atom. The van der Waals surface area contributed by atoms with Crippen molar-refractivity contribution in [2.45, 2.75) is 33.1 Å². The molecule has 0 spiro atoms. The molecule has 76 valence electrons. The summed E-state index contributed by atoms with van der Waals surface area (Å²) in [6, 6.07) is 6.04. The van der Waals surface area contributed by atoms with Crippen LogP contribution in [-0.2, 0) is 5.41 Å². The van der Waals surface area contributed by atoms with Gasteiger partial charge in [0.1, 0.15) is 0 Å². The van der Waals surface area contributed by atoms with Crippen LogP contribution in [0.2, 0.25) is 0 Å². The molecule has 0 aliphatic heterocycles. The second-order valence-electron chi connectivity index (χ2n) is 4.55. The second kappa shape index (κ2) is 3.85. The van der Waals surface area contributed by atoms with E-state index >= 15 is 0 Å². The molecule has 1 aromatic carbocycles. The molecule has 0 heterocycles. The van der Waals surface area contributed by atoms with E-state index in [1.165, 1.54) is 5.56 Å². The van der Waals surface area contributed by atoms with Crippen LogP contribution in [0.5, 0.6) is 0 Å². The molecular formula is C12H15BrO. The average molecular weight is 255 g/mol. The molecule has 0 unspecified atom stereocenters. The van der Waals surface area contributed by atoms with Crippen LogP contribution in [0, 0.1) is 6.92 Å². The molecule has 0 aliphatic rings. The van der Waals surface area contributed by atoms with Crippen LogP contribution in [0.3, 0.4) is 0 Å². The Morgan fingerprint density at radius 3 is 2.29 bits per heavy atom. The normalized spacial score (nSPS) is 11.5. The molecular weight excluding hydrogens is 240 g/mol. The molecule has 2 heteroatoms. The van der Waals surface area contributed by atoms with Crippen LogP contribution >= 0.6 is 15.9 Å². The topological polar surface area (TPSA) is 17.1 Å². The van der Waals surface area contributed by atoms with E-state index in [4.69, 9.17) is 0 Å². The lowest BCUT2D eigenvalue weighted by Gasteiger charge is -2.20. The number of aryl methyl sites for hydroxylation is 1. The molecule has 0 radical (unpaired) electrons. The molecule has 1 nitrogen and oxygen atoms in total. The highest BCUT2D eigenvalue weighted by atomic mass is 79.9. The number of hydrogen-bond acceptors (Lipinski definition) is 1. The zero-order chi connectivity index (χ0) is 10.9. The summed E-state index contributed by atoms with van der Waals surface area (Å²) < 4.78 is -0.0406. The van der Waals surface area contributed by atoms with Gasteiger partial charge in [0, 0.05) is 5.56 Å². The lowest BCUT2D eigenvalue weighted by atomic mass is 9.85. The van der Waals surface area contributed by atoms with Crippen molar-refractivity contribution in [3.8, 4) is 0 Å². The van der Waals surface area contributed by atoms with Gasteiger partial charge in [0.25, 0.3) is 0 Å². The SMILES string of the molecule is Cc1ccc(C(C)(C)C)cc1C(=O)Br. The minimum atomic E-state index is -0.0406. The molecule has 0 aromatic heterocycles. The highest BCUT2D eigenvalue weighted by molar-refractivity contribution is 9.18. The summed E-state index contributed by atoms with van der Waals surface area (Å²) in [5, 5.41) is 0. The smallest absolute Gasteiger partial charge is 0.228 e. The number of hydrogen-bond donors (Lipinski definition) is 0. The largest absolute Gasteiger partial charge is 0.281 e. The van der Waals surface area contributed by atoms with E-state index < -0.39 is 0 Å². The Balaban J connectivity index is 3.27. The first-order valence-electron chi connectivity index (χ1n) is 4.63. The Hall–Kier alpha value is -0.630. The molecule has 0 atom stereocenters. The summed E-state index contributed by atoms with van der Waals surface area (Å²) in [5.41, 5.74) is 3.05. The highest BCUT2D eigenvalue weighted by Crippen LogP contribution is 2.25. The fourth-order valence-electron chi connectivity index (χ4n) is 1.30. The predicted octanol–water partition coefficient (Wildman–Crippen LogP) is 3.83. The number of rotatable bonds is 1. The minimum Gasteiger partial charge on any atom is -0.281 e. The molecule has 0 saturated carbocycles. The molecule has 14 heavy (non-hydrogen) atoms. The molecule has 0 amide bonds. The molecule has 0 aliphatic carbocycles. The third-order valence-corrected chi connectivity index (χ3v) is 2.74. The maximum absolute atomic E-state index is 11.3. The Bertz CT molecular complexity index is 361. The maximum atomic E-state index is 11.3. The van der Waals surface area contributed by atoms with E-state index in [0.717, 1.165) is 11.1 Å². The zero-order valence-corrected chi connectivity index (χ0v) is 10.6. The summed E-state index contributed by atoms with van der Waals surface area (Å²) in [4.78, 5) is 11.3. The molecule has 0 N–H and O–H groups in total. The van der Waals surface area contributed by atoms with Crippen LogP contribution in [0.25, 0.3) is 0 Å². The van der Waals surface area contributed by atoms with Gasteiger partial charge in [0.15, 0.2) is 0 Å². The number of carbonyl (C=O) groups excluding carboxylic acids is 1. The predicted molar refractivity (Wildman–Crippen MR) is 63.1 cm³/mol. The lowest BCUT2D eigenvalue weighted by molar-refractivity contribution is 0.109. The van der Waals surface area contributed by atoms with Crippen LogP contribution in [0.15, 0.2) is 18.2 Å². The summed E-state index contributed by atoms with van der Waals surface area (Å²) >= 11 is 3.00. The van der Waals surface area contributed by atoms with Crippen LogP contribution in [0.4, 0.5) is 0 Å². The second-order valence-corrected chi connectivity index (χ2v) is 5.27. The molecule has 1 aromatic rings. The van der Waals surface area contributed by atoms with Gasteiger partial charge in [-0.05, 0) is 45.5 Å². The first kappa shape index (κ1) is 11.4. The van der Waals surface area contributed by atoms with Crippen molar-refractivity contribution in [3.63, 3.8) is 0 Å². The van der Waals surface area contributed by atoms with Crippen molar-refractivity contribution in [2.75, 3.05) is 0 Å². The molecule has 0 fully saturated rings.